The highest BCUT2D eigenvalue weighted by Crippen LogP contribution is 2.39. The number of carbonyl (C=O) groups excluding carboxylic acids is 3. The highest BCUT2D eigenvalue weighted by Gasteiger charge is 2.46. The number of amides is 3. The number of likely N-dealkylation sites (tertiary alicyclic amines) is 1. The molecular formula is C32H52N4O7S. The van der Waals surface area contributed by atoms with Crippen molar-refractivity contribution < 1.29 is 33.0 Å². The lowest BCUT2D eigenvalue weighted by molar-refractivity contribution is -0.134. The van der Waals surface area contributed by atoms with Crippen molar-refractivity contribution in [3.05, 3.63) is 35.9 Å². The average molecular weight is 637 g/mol. The molecule has 3 amide bonds. The van der Waals surface area contributed by atoms with Crippen LogP contribution in [0.1, 0.15) is 72.3 Å². The lowest BCUT2D eigenvalue weighted by Gasteiger charge is -2.47. The largest absolute Gasteiger partial charge is 0.390 e. The first-order valence-electron chi connectivity index (χ1n) is 15.6. The van der Waals surface area contributed by atoms with Gasteiger partial charge in [-0.15, -0.1) is 0 Å². The van der Waals surface area contributed by atoms with Crippen LogP contribution >= 0.6 is 0 Å². The molecule has 0 radical (unpaired) electrons. The summed E-state index contributed by atoms with van der Waals surface area (Å²) >= 11 is 0. The Hall–Kier alpha value is -2.54. The van der Waals surface area contributed by atoms with Crippen molar-refractivity contribution in [3.63, 3.8) is 0 Å². The Morgan fingerprint density at radius 1 is 1.00 bits per heavy atom. The van der Waals surface area contributed by atoms with E-state index in [1.165, 1.54) is 13.8 Å². The number of β-amino-alcohol motifs (C(OH)–C–C–N with tert-alkyl or cyclic N) is 1. The Morgan fingerprint density at radius 3 is 2.18 bits per heavy atom. The van der Waals surface area contributed by atoms with E-state index in [4.69, 9.17) is 0 Å². The molecule has 1 saturated carbocycles. The quantitative estimate of drug-likeness (QED) is 0.228. The number of fused-ring (bicyclic) bond motifs is 1. The first-order valence-corrected chi connectivity index (χ1v) is 17.5. The summed E-state index contributed by atoms with van der Waals surface area (Å²) in [4.78, 5) is 41.5. The van der Waals surface area contributed by atoms with Crippen LogP contribution in [0.15, 0.2) is 30.3 Å². The van der Waals surface area contributed by atoms with Crippen LogP contribution in [0.5, 0.6) is 0 Å². The van der Waals surface area contributed by atoms with E-state index < -0.39 is 62.8 Å². The number of nitrogens with zero attached hydrogens (tertiary/aromatic N) is 1. The van der Waals surface area contributed by atoms with Gasteiger partial charge in [-0.1, -0.05) is 49.6 Å². The summed E-state index contributed by atoms with van der Waals surface area (Å²) in [6.07, 6.45) is 5.23. The van der Waals surface area contributed by atoms with Crippen molar-refractivity contribution in [2.24, 2.45) is 11.8 Å². The summed E-state index contributed by atoms with van der Waals surface area (Å²) in [7, 11) is -3.85. The normalized spacial score (nSPS) is 23.5. The lowest BCUT2D eigenvalue weighted by Crippen LogP contribution is -2.64. The predicted molar refractivity (Wildman–Crippen MR) is 169 cm³/mol. The van der Waals surface area contributed by atoms with Gasteiger partial charge < -0.3 is 26.2 Å². The summed E-state index contributed by atoms with van der Waals surface area (Å²) in [5, 5.41) is 29.4. The lowest BCUT2D eigenvalue weighted by atomic mass is 9.72. The molecule has 1 heterocycles. The zero-order valence-corrected chi connectivity index (χ0v) is 27.8. The fourth-order valence-corrected chi connectivity index (χ4v) is 6.98. The minimum atomic E-state index is -3.85. The van der Waals surface area contributed by atoms with Gasteiger partial charge >= 0.3 is 0 Å². The van der Waals surface area contributed by atoms with Gasteiger partial charge in [0, 0.05) is 24.9 Å². The number of aliphatic hydroxyl groups excluding tert-OH is 2. The summed E-state index contributed by atoms with van der Waals surface area (Å²) < 4.78 is 23.6. The molecule has 1 aliphatic heterocycles. The number of rotatable bonds is 12. The van der Waals surface area contributed by atoms with Gasteiger partial charge in [-0.3, -0.25) is 19.3 Å². The second-order valence-corrected chi connectivity index (χ2v) is 16.8. The fourth-order valence-electron chi connectivity index (χ4n) is 6.39. The molecule has 11 nitrogen and oxygen atoms in total. The molecule has 2 unspecified atom stereocenters. The van der Waals surface area contributed by atoms with Crippen molar-refractivity contribution in [2.75, 3.05) is 26.0 Å². The van der Waals surface area contributed by atoms with Crippen LogP contribution in [-0.2, 0) is 30.6 Å². The number of benzene rings is 1. The Morgan fingerprint density at radius 2 is 1.61 bits per heavy atom. The highest BCUT2D eigenvalue weighted by atomic mass is 32.2. The smallest absolute Gasteiger partial charge is 0.246 e. The third-order valence-corrected chi connectivity index (χ3v) is 11.3. The van der Waals surface area contributed by atoms with E-state index in [0.29, 0.717) is 24.8 Å². The topological polar surface area (TPSA) is 165 Å². The number of aliphatic hydroxyl groups is 2. The van der Waals surface area contributed by atoms with Crippen molar-refractivity contribution >= 4 is 27.6 Å². The minimum absolute atomic E-state index is 0.0842. The Kier molecular flexibility index (Phi) is 12.0. The van der Waals surface area contributed by atoms with Gasteiger partial charge in [0.25, 0.3) is 0 Å². The average Bonchev–Trinajstić information content (AvgIpc) is 2.93. The van der Waals surface area contributed by atoms with Gasteiger partial charge in [-0.2, -0.15) is 0 Å². The van der Waals surface area contributed by atoms with Gasteiger partial charge in [0.15, 0.2) is 9.84 Å². The Labute approximate surface area is 262 Å². The number of piperidine rings is 1. The molecule has 1 aromatic carbocycles. The zero-order valence-electron chi connectivity index (χ0n) is 27.0. The van der Waals surface area contributed by atoms with Gasteiger partial charge in [0.05, 0.1) is 22.9 Å². The highest BCUT2D eigenvalue weighted by molar-refractivity contribution is 7.92. The number of sulfone groups is 1. The second kappa shape index (κ2) is 14.7. The Balaban J connectivity index is 1.91. The van der Waals surface area contributed by atoms with Crippen LogP contribution < -0.4 is 16.0 Å². The molecule has 44 heavy (non-hydrogen) atoms. The summed E-state index contributed by atoms with van der Waals surface area (Å²) in [6, 6.07) is 6.44. The molecule has 0 bridgehead atoms. The molecule has 0 aromatic heterocycles. The molecule has 2 fully saturated rings. The van der Waals surface area contributed by atoms with Gasteiger partial charge in [0.1, 0.15) is 12.6 Å². The Bertz CT molecular complexity index is 1250. The van der Waals surface area contributed by atoms with Gasteiger partial charge in [-0.25, -0.2) is 8.42 Å². The van der Waals surface area contributed by atoms with Crippen molar-refractivity contribution in [1.29, 1.82) is 0 Å². The van der Waals surface area contributed by atoms with Gasteiger partial charge in [-0.05, 0) is 71.3 Å². The molecule has 6 atom stereocenters. The van der Waals surface area contributed by atoms with Crippen LogP contribution in [-0.4, -0.2) is 102 Å². The van der Waals surface area contributed by atoms with Gasteiger partial charge in [0.2, 0.25) is 17.7 Å². The number of carbonyl (C=O) groups is 3. The molecule has 1 aromatic rings. The van der Waals surface area contributed by atoms with E-state index in [0.717, 1.165) is 37.5 Å². The van der Waals surface area contributed by atoms with E-state index in [1.54, 1.807) is 0 Å². The maximum absolute atomic E-state index is 13.7. The number of nitrogens with one attached hydrogen (secondary N) is 3. The molecule has 1 saturated heterocycles. The van der Waals surface area contributed by atoms with Crippen LogP contribution in [0.3, 0.4) is 0 Å². The number of hydrogen-bond donors (Lipinski definition) is 5. The molecule has 1 aliphatic carbocycles. The summed E-state index contributed by atoms with van der Waals surface area (Å²) in [5.74, 6) is -0.911. The van der Waals surface area contributed by atoms with Crippen LogP contribution in [0, 0.1) is 11.8 Å². The first kappa shape index (κ1) is 35.9. The molecule has 2 aliphatic rings. The SMILES string of the molecule is CC(C)(C)NC(=O)[C@@H]1CC2CCCCC2CN1C[C@@H](O)[C@H](Cc1ccccc1)NC(=O)[C@@H](NC(=O)CO)C(C)(C)S(C)(=O)=O. The predicted octanol–water partition coefficient (Wildman–Crippen LogP) is 1.17. The van der Waals surface area contributed by atoms with Crippen LogP contribution in [0.2, 0.25) is 0 Å². The molecule has 12 heteroatoms. The second-order valence-electron chi connectivity index (χ2n) is 14.2. The zero-order chi connectivity index (χ0) is 32.9. The van der Waals surface area contributed by atoms with Crippen molar-refractivity contribution in [3.8, 4) is 0 Å². The standard InChI is InChI=1S/C32H52N4O7S/c1-31(2,3)35-29(40)25-17-22-14-10-11-15-23(22)18-36(25)19-26(38)24(16-21-12-8-7-9-13-21)33-30(41)28(34-27(39)20-37)32(4,5)44(6,42)43/h7-9,12-13,22-26,28,37-38H,10-11,14-20H2,1-6H3,(H,33,41)(H,34,39)(H,35,40)/t22?,23?,24-,25-,26+,28+/m0/s1. The molecule has 0 spiro atoms. The maximum atomic E-state index is 13.7. The van der Waals surface area contributed by atoms with E-state index in [1.807, 2.05) is 56.0 Å². The fraction of sp³-hybridized carbons (Fsp3) is 0.719. The van der Waals surface area contributed by atoms with E-state index in [2.05, 4.69) is 16.0 Å². The molecule has 5 N–H and O–H groups in total. The molecular weight excluding hydrogens is 584 g/mol. The third-order valence-electron chi connectivity index (χ3n) is 9.18. The van der Waals surface area contributed by atoms with E-state index in [-0.39, 0.29) is 18.9 Å². The minimum Gasteiger partial charge on any atom is -0.390 e. The van der Waals surface area contributed by atoms with Crippen LogP contribution in [0.4, 0.5) is 0 Å². The molecule has 3 rings (SSSR count). The summed E-state index contributed by atoms with van der Waals surface area (Å²) in [5.41, 5.74) is 0.415. The van der Waals surface area contributed by atoms with Crippen LogP contribution in [0.25, 0.3) is 0 Å². The van der Waals surface area contributed by atoms with E-state index >= 15 is 0 Å². The van der Waals surface area contributed by atoms with Crippen molar-refractivity contribution in [2.45, 2.75) is 108 Å². The number of hydrogen-bond acceptors (Lipinski definition) is 8. The third kappa shape index (κ3) is 9.48. The van der Waals surface area contributed by atoms with E-state index in [9.17, 15) is 33.0 Å². The first-order chi connectivity index (χ1) is 20.4. The monoisotopic (exact) mass is 636 g/mol. The van der Waals surface area contributed by atoms with Crippen molar-refractivity contribution in [1.82, 2.24) is 20.9 Å². The summed E-state index contributed by atoms with van der Waals surface area (Å²) in [6.45, 7) is 8.33. The molecule has 248 valence electrons. The maximum Gasteiger partial charge on any atom is 0.246 e.